The number of amides is 1. The minimum Gasteiger partial charge on any atom is -0.495 e. The number of fused-ring (bicyclic) bond motifs is 1. The van der Waals surface area contributed by atoms with Crippen LogP contribution in [0.1, 0.15) is 47.7 Å². The summed E-state index contributed by atoms with van der Waals surface area (Å²) in [5.41, 5.74) is 2.28. The highest BCUT2D eigenvalue weighted by molar-refractivity contribution is 7.87. The van der Waals surface area contributed by atoms with Gasteiger partial charge in [-0.05, 0) is 48.2 Å². The van der Waals surface area contributed by atoms with Gasteiger partial charge in [0.1, 0.15) is 10.6 Å². The first-order chi connectivity index (χ1) is 13.1. The third-order valence-electron chi connectivity index (χ3n) is 4.66. The van der Waals surface area contributed by atoms with Gasteiger partial charge in [0.15, 0.2) is 11.5 Å². The van der Waals surface area contributed by atoms with Crippen molar-refractivity contribution in [1.29, 1.82) is 0 Å². The Kier molecular flexibility index (Phi) is 5.16. The van der Waals surface area contributed by atoms with Gasteiger partial charge in [-0.2, -0.15) is 8.42 Å². The van der Waals surface area contributed by atoms with E-state index in [0.29, 0.717) is 17.7 Å². The van der Waals surface area contributed by atoms with Crippen molar-refractivity contribution in [2.75, 3.05) is 12.4 Å². The molecule has 2 aromatic carbocycles. The van der Waals surface area contributed by atoms with Crippen molar-refractivity contribution in [2.24, 2.45) is 0 Å². The highest BCUT2D eigenvalue weighted by atomic mass is 32.2. The summed E-state index contributed by atoms with van der Waals surface area (Å²) in [6, 6.07) is 7.25. The topological polar surface area (TPSA) is 98.8 Å². The van der Waals surface area contributed by atoms with Crippen molar-refractivity contribution in [3.8, 4) is 11.5 Å². The van der Waals surface area contributed by atoms with E-state index in [2.05, 4.69) is 5.32 Å². The van der Waals surface area contributed by atoms with E-state index in [1.807, 2.05) is 13.8 Å². The fourth-order valence-corrected chi connectivity index (χ4v) is 4.44. The first-order valence-electron chi connectivity index (χ1n) is 8.71. The lowest BCUT2D eigenvalue weighted by Gasteiger charge is -2.14. The van der Waals surface area contributed by atoms with Crippen LogP contribution in [0, 0.1) is 6.92 Å². The van der Waals surface area contributed by atoms with Gasteiger partial charge in [0, 0.05) is 13.3 Å². The van der Waals surface area contributed by atoms with Crippen LogP contribution < -0.4 is 14.2 Å². The molecule has 0 saturated heterocycles. The Bertz CT molecular complexity index is 1070. The molecule has 1 N–H and O–H groups in total. The molecule has 1 aliphatic rings. The number of aryl methyl sites for hydroxylation is 1. The number of hydrogen-bond acceptors (Lipinski definition) is 6. The number of rotatable bonds is 5. The molecule has 0 saturated carbocycles. The standard InChI is InChI=1S/C20H21NO6S/c1-11-5-7-18(20-16(23)9-12(2)19(11)20)27-28(24,25)14-6-8-17(26-4)15(10-14)21-13(3)22/h5-8,10,12H,9H2,1-4H3,(H,21,22)/t12-/m0/s1. The van der Waals surface area contributed by atoms with Gasteiger partial charge < -0.3 is 14.2 Å². The zero-order valence-corrected chi connectivity index (χ0v) is 16.8. The maximum Gasteiger partial charge on any atom is 0.339 e. The summed E-state index contributed by atoms with van der Waals surface area (Å²) in [5.74, 6) is -0.155. The van der Waals surface area contributed by atoms with Gasteiger partial charge in [-0.1, -0.05) is 13.0 Å². The molecule has 0 radical (unpaired) electrons. The number of Topliss-reactive ketones (excluding diaryl/α,β-unsaturated/α-hetero) is 1. The number of hydrogen-bond donors (Lipinski definition) is 1. The second-order valence-electron chi connectivity index (χ2n) is 6.78. The van der Waals surface area contributed by atoms with Crippen LogP contribution >= 0.6 is 0 Å². The van der Waals surface area contributed by atoms with Crippen LogP contribution in [0.3, 0.4) is 0 Å². The largest absolute Gasteiger partial charge is 0.495 e. The zero-order chi connectivity index (χ0) is 20.6. The molecule has 1 aliphatic carbocycles. The lowest BCUT2D eigenvalue weighted by molar-refractivity contribution is -0.114. The monoisotopic (exact) mass is 403 g/mol. The summed E-state index contributed by atoms with van der Waals surface area (Å²) in [7, 11) is -2.82. The quantitative estimate of drug-likeness (QED) is 0.768. The number of carbonyl (C=O) groups excluding carboxylic acids is 2. The van der Waals surface area contributed by atoms with Crippen LogP contribution in [0.2, 0.25) is 0 Å². The first-order valence-corrected chi connectivity index (χ1v) is 10.1. The summed E-state index contributed by atoms with van der Waals surface area (Å²) in [6.45, 7) is 5.12. The Balaban J connectivity index is 2.02. The van der Waals surface area contributed by atoms with Gasteiger partial charge in [-0.15, -0.1) is 0 Å². The molecule has 0 spiro atoms. The maximum atomic E-state index is 12.8. The number of carbonyl (C=O) groups is 2. The smallest absolute Gasteiger partial charge is 0.339 e. The average molecular weight is 403 g/mol. The number of ketones is 1. The Hall–Kier alpha value is -2.87. The van der Waals surface area contributed by atoms with E-state index in [9.17, 15) is 18.0 Å². The van der Waals surface area contributed by atoms with Crippen molar-refractivity contribution in [3.05, 3.63) is 47.0 Å². The first kappa shape index (κ1) is 19.9. The van der Waals surface area contributed by atoms with Crippen LogP contribution in [0.15, 0.2) is 35.2 Å². The molecule has 0 unspecified atom stereocenters. The molecule has 2 aromatic rings. The van der Waals surface area contributed by atoms with Crippen molar-refractivity contribution < 1.29 is 26.9 Å². The predicted octanol–water partition coefficient (Wildman–Crippen LogP) is 3.42. The van der Waals surface area contributed by atoms with Crippen molar-refractivity contribution in [1.82, 2.24) is 0 Å². The van der Waals surface area contributed by atoms with Gasteiger partial charge in [0.25, 0.3) is 0 Å². The molecule has 0 fully saturated rings. The molecule has 3 rings (SSSR count). The third-order valence-corrected chi connectivity index (χ3v) is 5.89. The molecular formula is C20H21NO6S. The molecule has 0 heterocycles. The summed E-state index contributed by atoms with van der Waals surface area (Å²) in [5, 5.41) is 2.52. The van der Waals surface area contributed by atoms with Crippen molar-refractivity contribution in [2.45, 2.75) is 38.0 Å². The molecule has 1 atom stereocenters. The van der Waals surface area contributed by atoms with Crippen LogP contribution in [0.25, 0.3) is 0 Å². The maximum absolute atomic E-state index is 12.8. The summed E-state index contributed by atoms with van der Waals surface area (Å²) in [4.78, 5) is 23.6. The van der Waals surface area contributed by atoms with E-state index in [1.54, 1.807) is 6.07 Å². The van der Waals surface area contributed by atoms with E-state index in [-0.39, 0.29) is 33.9 Å². The van der Waals surface area contributed by atoms with E-state index in [4.69, 9.17) is 8.92 Å². The van der Waals surface area contributed by atoms with Gasteiger partial charge in [-0.25, -0.2) is 0 Å². The van der Waals surface area contributed by atoms with Crippen LogP contribution in [-0.4, -0.2) is 27.2 Å². The number of anilines is 1. The van der Waals surface area contributed by atoms with Gasteiger partial charge >= 0.3 is 10.1 Å². The Morgan fingerprint density at radius 3 is 2.50 bits per heavy atom. The van der Waals surface area contributed by atoms with Gasteiger partial charge in [0.05, 0.1) is 18.4 Å². The molecule has 7 nitrogen and oxygen atoms in total. The zero-order valence-electron chi connectivity index (χ0n) is 16.0. The molecule has 0 aliphatic heterocycles. The predicted molar refractivity (Wildman–Crippen MR) is 104 cm³/mol. The third kappa shape index (κ3) is 3.60. The highest BCUT2D eigenvalue weighted by Crippen LogP contribution is 2.41. The Morgan fingerprint density at radius 2 is 1.86 bits per heavy atom. The number of benzene rings is 2. The van der Waals surface area contributed by atoms with Gasteiger partial charge in [-0.3, -0.25) is 9.59 Å². The molecule has 0 bridgehead atoms. The van der Waals surface area contributed by atoms with Crippen molar-refractivity contribution in [3.63, 3.8) is 0 Å². The van der Waals surface area contributed by atoms with E-state index >= 15 is 0 Å². The highest BCUT2D eigenvalue weighted by Gasteiger charge is 2.33. The lowest BCUT2D eigenvalue weighted by Crippen LogP contribution is -2.14. The fraction of sp³-hybridized carbons (Fsp3) is 0.300. The normalized spacial score (nSPS) is 15.9. The van der Waals surface area contributed by atoms with E-state index < -0.39 is 10.1 Å². The summed E-state index contributed by atoms with van der Waals surface area (Å²) >= 11 is 0. The van der Waals surface area contributed by atoms with Crippen LogP contribution in [0.5, 0.6) is 11.5 Å². The van der Waals surface area contributed by atoms with E-state index in [1.165, 1.54) is 38.3 Å². The minimum absolute atomic E-state index is 0.0149. The SMILES string of the molecule is COc1ccc(S(=O)(=O)Oc2ccc(C)c3c2C(=O)C[C@@H]3C)cc1NC(C)=O. The lowest BCUT2D eigenvalue weighted by atomic mass is 9.98. The fourth-order valence-electron chi connectivity index (χ4n) is 3.47. The Labute approximate surface area is 163 Å². The second kappa shape index (κ2) is 7.27. The molecule has 28 heavy (non-hydrogen) atoms. The molecular weight excluding hydrogens is 382 g/mol. The number of ether oxygens (including phenoxy) is 1. The van der Waals surface area contributed by atoms with Crippen molar-refractivity contribution >= 4 is 27.5 Å². The summed E-state index contributed by atoms with van der Waals surface area (Å²) in [6.07, 6.45) is 0.325. The molecule has 0 aromatic heterocycles. The summed E-state index contributed by atoms with van der Waals surface area (Å²) < 4.78 is 36.1. The Morgan fingerprint density at radius 1 is 1.18 bits per heavy atom. The van der Waals surface area contributed by atoms with Gasteiger partial charge in [0.2, 0.25) is 5.91 Å². The number of nitrogens with one attached hydrogen (secondary N) is 1. The van der Waals surface area contributed by atoms with Crippen LogP contribution in [-0.2, 0) is 14.9 Å². The number of methoxy groups -OCH3 is 1. The second-order valence-corrected chi connectivity index (χ2v) is 8.32. The molecule has 8 heteroatoms. The van der Waals surface area contributed by atoms with Crippen LogP contribution in [0.4, 0.5) is 5.69 Å². The molecule has 1 amide bonds. The average Bonchev–Trinajstić information content (AvgIpc) is 2.92. The minimum atomic E-state index is -4.23. The molecule has 148 valence electrons. The van der Waals surface area contributed by atoms with E-state index in [0.717, 1.165) is 11.1 Å².